The molecule has 2 aromatic carbocycles. The average Bonchev–Trinajstić information content (AvgIpc) is 2.83. The van der Waals surface area contributed by atoms with Crippen molar-refractivity contribution in [2.24, 2.45) is 0 Å². The van der Waals surface area contributed by atoms with E-state index < -0.39 is 0 Å². The number of hydrogen-bond donors (Lipinski definition) is 0. The van der Waals surface area contributed by atoms with Crippen LogP contribution in [-0.4, -0.2) is 6.61 Å². The van der Waals surface area contributed by atoms with Gasteiger partial charge in [0.1, 0.15) is 17.6 Å². The van der Waals surface area contributed by atoms with Gasteiger partial charge in [0.05, 0.1) is 6.61 Å². The Hall–Kier alpha value is -1.96. The molecule has 92 valence electrons. The van der Waals surface area contributed by atoms with Crippen molar-refractivity contribution in [1.29, 1.82) is 0 Å². The summed E-state index contributed by atoms with van der Waals surface area (Å²) < 4.78 is 11.5. The zero-order chi connectivity index (χ0) is 12.4. The summed E-state index contributed by atoms with van der Waals surface area (Å²) in [6, 6.07) is 16.4. The second-order valence-corrected chi connectivity index (χ2v) is 4.42. The van der Waals surface area contributed by atoms with Gasteiger partial charge in [-0.25, -0.2) is 0 Å². The van der Waals surface area contributed by atoms with Gasteiger partial charge < -0.3 is 9.47 Å². The van der Waals surface area contributed by atoms with Gasteiger partial charge in [-0.2, -0.15) is 0 Å². The van der Waals surface area contributed by atoms with Crippen LogP contribution in [0.1, 0.15) is 24.2 Å². The lowest BCUT2D eigenvalue weighted by Crippen LogP contribution is -2.02. The number of rotatable bonds is 3. The maximum Gasteiger partial charge on any atom is 0.128 e. The zero-order valence-electron chi connectivity index (χ0n) is 10.4. The molecule has 1 atom stereocenters. The molecule has 2 nitrogen and oxygen atoms in total. The lowest BCUT2D eigenvalue weighted by Gasteiger charge is -2.10. The predicted octanol–water partition coefficient (Wildman–Crippen LogP) is 3.76. The van der Waals surface area contributed by atoms with Gasteiger partial charge in [0, 0.05) is 12.0 Å². The van der Waals surface area contributed by atoms with Gasteiger partial charge in [0.15, 0.2) is 0 Å². The van der Waals surface area contributed by atoms with Gasteiger partial charge in [0.25, 0.3) is 0 Å². The van der Waals surface area contributed by atoms with Crippen LogP contribution in [0.3, 0.4) is 0 Å². The number of hydrogen-bond acceptors (Lipinski definition) is 2. The molecule has 0 fully saturated rings. The summed E-state index contributed by atoms with van der Waals surface area (Å²) >= 11 is 0. The molecule has 0 bridgehead atoms. The Balaban J connectivity index is 1.83. The van der Waals surface area contributed by atoms with Gasteiger partial charge in [0.2, 0.25) is 0 Å². The molecule has 18 heavy (non-hydrogen) atoms. The van der Waals surface area contributed by atoms with Crippen molar-refractivity contribution in [1.82, 2.24) is 0 Å². The van der Waals surface area contributed by atoms with Crippen LogP contribution in [0.4, 0.5) is 0 Å². The Morgan fingerprint density at radius 2 is 2.00 bits per heavy atom. The van der Waals surface area contributed by atoms with Crippen LogP contribution >= 0.6 is 0 Å². The van der Waals surface area contributed by atoms with E-state index in [4.69, 9.17) is 9.47 Å². The third-order valence-corrected chi connectivity index (χ3v) is 3.19. The highest BCUT2D eigenvalue weighted by molar-refractivity contribution is 5.44. The molecule has 0 spiro atoms. The molecule has 1 aliphatic heterocycles. The largest absolute Gasteiger partial charge is 0.494 e. The molecule has 3 rings (SSSR count). The van der Waals surface area contributed by atoms with Gasteiger partial charge in [-0.3, -0.25) is 0 Å². The summed E-state index contributed by atoms with van der Waals surface area (Å²) in [6.45, 7) is 2.69. The van der Waals surface area contributed by atoms with E-state index in [1.165, 1.54) is 11.1 Å². The molecule has 0 N–H and O–H groups in total. The quantitative estimate of drug-likeness (QED) is 0.813. The predicted molar refractivity (Wildman–Crippen MR) is 71.1 cm³/mol. The van der Waals surface area contributed by atoms with Crippen LogP contribution in [0.25, 0.3) is 0 Å². The second-order valence-electron chi connectivity index (χ2n) is 4.42. The van der Waals surface area contributed by atoms with Gasteiger partial charge >= 0.3 is 0 Å². The summed E-state index contributed by atoms with van der Waals surface area (Å²) in [6.07, 6.45) is 1.05. The minimum Gasteiger partial charge on any atom is -0.494 e. The highest BCUT2D eigenvalue weighted by atomic mass is 16.5. The van der Waals surface area contributed by atoms with Gasteiger partial charge in [-0.05, 0) is 30.7 Å². The fraction of sp³-hybridized carbons (Fsp3) is 0.250. The van der Waals surface area contributed by atoms with E-state index in [0.29, 0.717) is 6.61 Å². The molecule has 0 aliphatic carbocycles. The summed E-state index contributed by atoms with van der Waals surface area (Å²) in [5, 5.41) is 0. The van der Waals surface area contributed by atoms with Gasteiger partial charge in [-0.15, -0.1) is 0 Å². The third-order valence-electron chi connectivity index (χ3n) is 3.19. The monoisotopic (exact) mass is 240 g/mol. The van der Waals surface area contributed by atoms with E-state index in [0.717, 1.165) is 17.9 Å². The van der Waals surface area contributed by atoms with E-state index in [2.05, 4.69) is 18.2 Å². The van der Waals surface area contributed by atoms with Crippen molar-refractivity contribution in [3.05, 3.63) is 59.7 Å². The first-order chi connectivity index (χ1) is 8.86. The summed E-state index contributed by atoms with van der Waals surface area (Å²) in [7, 11) is 0. The molecule has 2 heteroatoms. The van der Waals surface area contributed by atoms with Crippen LogP contribution in [0.5, 0.6) is 11.5 Å². The van der Waals surface area contributed by atoms with E-state index in [9.17, 15) is 0 Å². The molecular weight excluding hydrogens is 224 g/mol. The molecule has 0 aromatic heterocycles. The molecule has 1 unspecified atom stereocenters. The number of fused-ring (bicyclic) bond motifs is 1. The number of ether oxygens (including phenoxy) is 2. The van der Waals surface area contributed by atoms with Crippen LogP contribution in [0.15, 0.2) is 48.5 Å². The number of benzene rings is 2. The fourth-order valence-corrected chi connectivity index (χ4v) is 2.34. The highest BCUT2D eigenvalue weighted by Gasteiger charge is 2.24. The van der Waals surface area contributed by atoms with Crippen molar-refractivity contribution in [2.75, 3.05) is 6.61 Å². The first kappa shape index (κ1) is 11.1. The Labute approximate surface area is 107 Å². The third kappa shape index (κ3) is 2.06. The lowest BCUT2D eigenvalue weighted by molar-refractivity contribution is 0.238. The molecule has 1 heterocycles. The average molecular weight is 240 g/mol. The van der Waals surface area contributed by atoms with Gasteiger partial charge in [-0.1, -0.05) is 30.3 Å². The van der Waals surface area contributed by atoms with Crippen LogP contribution in [0, 0.1) is 0 Å². The topological polar surface area (TPSA) is 18.5 Å². The van der Waals surface area contributed by atoms with Crippen molar-refractivity contribution in [2.45, 2.75) is 19.4 Å². The summed E-state index contributed by atoms with van der Waals surface area (Å²) in [5.41, 5.74) is 2.46. The first-order valence-corrected chi connectivity index (χ1v) is 6.34. The van der Waals surface area contributed by atoms with Crippen LogP contribution in [0.2, 0.25) is 0 Å². The van der Waals surface area contributed by atoms with E-state index in [1.807, 2.05) is 37.3 Å². The Bertz CT molecular complexity index is 534. The standard InChI is InChI=1S/C16H16O2/c1-2-17-14-8-9-15-13(10-14)11-16(18-15)12-6-4-3-5-7-12/h3-10,16H,2,11H2,1H3. The maximum atomic E-state index is 5.97. The van der Waals surface area contributed by atoms with E-state index in [1.54, 1.807) is 0 Å². The molecular formula is C16H16O2. The minimum absolute atomic E-state index is 0.137. The Morgan fingerprint density at radius 1 is 1.17 bits per heavy atom. The lowest BCUT2D eigenvalue weighted by atomic mass is 10.0. The summed E-state index contributed by atoms with van der Waals surface area (Å²) in [4.78, 5) is 0. The molecule has 0 saturated heterocycles. The van der Waals surface area contributed by atoms with Crippen molar-refractivity contribution in [3.63, 3.8) is 0 Å². The summed E-state index contributed by atoms with van der Waals surface area (Å²) in [5.74, 6) is 1.90. The Morgan fingerprint density at radius 3 is 2.78 bits per heavy atom. The van der Waals surface area contributed by atoms with E-state index >= 15 is 0 Å². The molecule has 1 aliphatic rings. The Kier molecular flexibility index (Phi) is 2.93. The van der Waals surface area contributed by atoms with Crippen molar-refractivity contribution >= 4 is 0 Å². The van der Waals surface area contributed by atoms with Crippen LogP contribution in [-0.2, 0) is 6.42 Å². The zero-order valence-corrected chi connectivity index (χ0v) is 10.4. The molecule has 0 saturated carbocycles. The van der Waals surface area contributed by atoms with E-state index in [-0.39, 0.29) is 6.10 Å². The minimum atomic E-state index is 0.137. The normalized spacial score (nSPS) is 17.1. The van der Waals surface area contributed by atoms with Crippen molar-refractivity contribution < 1.29 is 9.47 Å². The SMILES string of the molecule is CCOc1ccc2c(c1)CC(c1ccccc1)O2. The fourth-order valence-electron chi connectivity index (χ4n) is 2.34. The second kappa shape index (κ2) is 4.73. The maximum absolute atomic E-state index is 5.97. The smallest absolute Gasteiger partial charge is 0.128 e. The molecule has 2 aromatic rings. The van der Waals surface area contributed by atoms with Crippen LogP contribution < -0.4 is 9.47 Å². The van der Waals surface area contributed by atoms with Crippen molar-refractivity contribution in [3.8, 4) is 11.5 Å². The molecule has 0 amide bonds. The molecule has 0 radical (unpaired) electrons. The highest BCUT2D eigenvalue weighted by Crippen LogP contribution is 2.38. The first-order valence-electron chi connectivity index (χ1n) is 6.34.